The van der Waals surface area contributed by atoms with E-state index in [0.717, 1.165) is 44.9 Å². The Hall–Kier alpha value is -3.36. The average molecular weight is 545 g/mol. The Morgan fingerprint density at radius 3 is 2.61 bits per heavy atom. The molecule has 4 aromatic rings. The number of thiophene rings is 1. The first-order chi connectivity index (χ1) is 18.4. The number of aryl methyl sites for hydroxylation is 2. The summed E-state index contributed by atoms with van der Waals surface area (Å²) in [7, 11) is 0. The lowest BCUT2D eigenvalue weighted by atomic mass is 10.0. The molecule has 38 heavy (non-hydrogen) atoms. The smallest absolute Gasteiger partial charge is 0.240 e. The Balaban J connectivity index is 1.78. The maximum atomic E-state index is 13.7. The highest BCUT2D eigenvalue weighted by molar-refractivity contribution is 8.00. The van der Waals surface area contributed by atoms with Gasteiger partial charge < -0.3 is 5.32 Å². The molecule has 0 fully saturated rings. The van der Waals surface area contributed by atoms with Gasteiger partial charge in [0.05, 0.1) is 22.4 Å². The highest BCUT2D eigenvalue weighted by atomic mass is 32.2. The van der Waals surface area contributed by atoms with Gasteiger partial charge in [0.1, 0.15) is 12.4 Å². The molecule has 2 aromatic heterocycles. The van der Waals surface area contributed by atoms with Crippen molar-refractivity contribution < 1.29 is 9.59 Å². The first kappa shape index (κ1) is 26.3. The summed E-state index contributed by atoms with van der Waals surface area (Å²) >= 11 is 3.28. The van der Waals surface area contributed by atoms with Gasteiger partial charge in [0.2, 0.25) is 11.8 Å². The van der Waals surface area contributed by atoms with Crippen molar-refractivity contribution in [3.8, 4) is 16.9 Å². The molecule has 8 heteroatoms. The van der Waals surface area contributed by atoms with Crippen molar-refractivity contribution in [2.45, 2.75) is 45.4 Å². The summed E-state index contributed by atoms with van der Waals surface area (Å²) < 4.78 is 1.88. The van der Waals surface area contributed by atoms with Crippen LogP contribution >= 0.6 is 23.1 Å². The van der Waals surface area contributed by atoms with Crippen molar-refractivity contribution in [1.82, 2.24) is 15.1 Å². The van der Waals surface area contributed by atoms with Crippen LogP contribution in [0, 0.1) is 13.8 Å². The molecule has 1 aliphatic heterocycles. The van der Waals surface area contributed by atoms with E-state index in [0.29, 0.717) is 5.82 Å². The van der Waals surface area contributed by atoms with E-state index in [-0.39, 0.29) is 35.4 Å². The van der Waals surface area contributed by atoms with Crippen LogP contribution in [-0.2, 0) is 9.59 Å². The minimum absolute atomic E-state index is 0.0291. The van der Waals surface area contributed by atoms with Gasteiger partial charge in [0.25, 0.3) is 0 Å². The molecule has 0 radical (unpaired) electrons. The molecular weight excluding hydrogens is 512 g/mol. The zero-order valence-corrected chi connectivity index (χ0v) is 23.7. The van der Waals surface area contributed by atoms with Crippen LogP contribution in [0.1, 0.15) is 47.1 Å². The van der Waals surface area contributed by atoms with E-state index in [2.05, 4.69) is 54.9 Å². The van der Waals surface area contributed by atoms with E-state index in [9.17, 15) is 9.59 Å². The fraction of sp³-hybridized carbons (Fsp3) is 0.300. The van der Waals surface area contributed by atoms with Crippen LogP contribution in [0.5, 0.6) is 0 Å². The van der Waals surface area contributed by atoms with Crippen LogP contribution in [0.3, 0.4) is 0 Å². The van der Waals surface area contributed by atoms with Gasteiger partial charge in [0, 0.05) is 22.0 Å². The maximum absolute atomic E-state index is 13.7. The first-order valence-corrected chi connectivity index (χ1v) is 14.8. The lowest BCUT2D eigenvalue weighted by molar-refractivity contribution is -0.123. The highest BCUT2D eigenvalue weighted by Crippen LogP contribution is 2.49. The van der Waals surface area contributed by atoms with Gasteiger partial charge in [-0.2, -0.15) is 5.10 Å². The Morgan fingerprint density at radius 2 is 1.92 bits per heavy atom. The quantitative estimate of drug-likeness (QED) is 0.296. The topological polar surface area (TPSA) is 67.2 Å². The third kappa shape index (κ3) is 5.15. The van der Waals surface area contributed by atoms with Crippen molar-refractivity contribution in [1.29, 1.82) is 0 Å². The molecule has 0 saturated heterocycles. The Morgan fingerprint density at radius 1 is 1.13 bits per heavy atom. The second kappa shape index (κ2) is 11.2. The van der Waals surface area contributed by atoms with Gasteiger partial charge in [-0.05, 0) is 50.3 Å². The molecule has 6 nitrogen and oxygen atoms in total. The standard InChI is InChI=1S/C30H32N4O2S2/c1-5-21(4)31-25(35)17-33-26(36)18-38-29(24-12-9-15-37-24)27-28(22-10-7-6-8-11-22)32-34(30(27)33)23-14-13-19(2)16-20(23)3/h6-16,21,29H,5,17-18H2,1-4H3,(H,31,35)/t21-,29-/m1/s1. The molecule has 2 atom stereocenters. The van der Waals surface area contributed by atoms with Gasteiger partial charge in [-0.15, -0.1) is 23.1 Å². The molecular formula is C30H32N4O2S2. The summed E-state index contributed by atoms with van der Waals surface area (Å²) in [4.78, 5) is 29.7. The number of rotatable bonds is 7. The van der Waals surface area contributed by atoms with Crippen LogP contribution in [0.15, 0.2) is 66.0 Å². The third-order valence-electron chi connectivity index (χ3n) is 6.84. The first-order valence-electron chi connectivity index (χ1n) is 12.9. The van der Waals surface area contributed by atoms with Crippen LogP contribution in [-0.4, -0.2) is 39.9 Å². The molecule has 2 aromatic carbocycles. The molecule has 196 valence electrons. The van der Waals surface area contributed by atoms with E-state index in [1.807, 2.05) is 48.9 Å². The molecule has 1 aliphatic rings. The lowest BCUT2D eigenvalue weighted by Gasteiger charge is -2.24. The fourth-order valence-corrected chi connectivity index (χ4v) is 6.95. The minimum atomic E-state index is -0.173. The van der Waals surface area contributed by atoms with Crippen molar-refractivity contribution in [3.05, 3.63) is 87.6 Å². The number of nitrogens with one attached hydrogen (secondary N) is 1. The van der Waals surface area contributed by atoms with E-state index in [1.54, 1.807) is 28.0 Å². The average Bonchev–Trinajstić information content (AvgIpc) is 3.54. The molecule has 2 amide bonds. The number of nitrogens with zero attached hydrogens (tertiary/aromatic N) is 3. The fourth-order valence-electron chi connectivity index (χ4n) is 4.77. The molecule has 3 heterocycles. The second-order valence-electron chi connectivity index (χ2n) is 9.72. The molecule has 0 spiro atoms. The summed E-state index contributed by atoms with van der Waals surface area (Å²) in [6.45, 7) is 8.07. The normalized spacial score (nSPS) is 16.2. The Labute approximate surface area is 232 Å². The van der Waals surface area contributed by atoms with Gasteiger partial charge in [-0.1, -0.05) is 61.0 Å². The number of aromatic nitrogens is 2. The number of carbonyl (C=O) groups excluding carboxylic acids is 2. The van der Waals surface area contributed by atoms with Crippen molar-refractivity contribution in [2.24, 2.45) is 0 Å². The summed E-state index contributed by atoms with van der Waals surface area (Å²) in [6.07, 6.45) is 0.819. The zero-order valence-electron chi connectivity index (χ0n) is 22.1. The zero-order chi connectivity index (χ0) is 26.8. The number of fused-ring (bicyclic) bond motifs is 1. The number of hydrogen-bond acceptors (Lipinski definition) is 5. The predicted octanol–water partition coefficient (Wildman–Crippen LogP) is 6.30. The molecule has 0 unspecified atom stereocenters. The van der Waals surface area contributed by atoms with Crippen LogP contribution in [0.4, 0.5) is 5.82 Å². The molecule has 0 saturated carbocycles. The van der Waals surface area contributed by atoms with Crippen molar-refractivity contribution in [2.75, 3.05) is 17.2 Å². The molecule has 0 bridgehead atoms. The van der Waals surface area contributed by atoms with Crippen molar-refractivity contribution in [3.63, 3.8) is 0 Å². The minimum Gasteiger partial charge on any atom is -0.352 e. The lowest BCUT2D eigenvalue weighted by Crippen LogP contribution is -2.44. The number of benzene rings is 2. The molecule has 1 N–H and O–H groups in total. The summed E-state index contributed by atoms with van der Waals surface area (Å²) in [5.74, 6) is 0.672. The molecule has 5 rings (SSSR count). The van der Waals surface area contributed by atoms with Crippen LogP contribution < -0.4 is 10.2 Å². The van der Waals surface area contributed by atoms with E-state index >= 15 is 0 Å². The number of anilines is 1. The summed E-state index contributed by atoms with van der Waals surface area (Å²) in [5, 5.41) is 10.2. The predicted molar refractivity (Wildman–Crippen MR) is 157 cm³/mol. The van der Waals surface area contributed by atoms with Crippen LogP contribution in [0.2, 0.25) is 0 Å². The van der Waals surface area contributed by atoms with Gasteiger partial charge in [-0.25, -0.2) is 4.68 Å². The van der Waals surface area contributed by atoms with E-state index in [1.165, 1.54) is 0 Å². The maximum Gasteiger partial charge on any atom is 0.240 e. The Bertz CT molecular complexity index is 1450. The van der Waals surface area contributed by atoms with Gasteiger partial charge >= 0.3 is 0 Å². The number of carbonyl (C=O) groups is 2. The van der Waals surface area contributed by atoms with Crippen LogP contribution in [0.25, 0.3) is 16.9 Å². The van der Waals surface area contributed by atoms with Crippen molar-refractivity contribution >= 4 is 40.7 Å². The number of amides is 2. The summed E-state index contributed by atoms with van der Waals surface area (Å²) in [6, 6.07) is 20.5. The highest BCUT2D eigenvalue weighted by Gasteiger charge is 2.38. The second-order valence-corrected chi connectivity index (χ2v) is 11.8. The van der Waals surface area contributed by atoms with E-state index < -0.39 is 0 Å². The van der Waals surface area contributed by atoms with Gasteiger partial charge in [0.15, 0.2) is 0 Å². The number of hydrogen-bond donors (Lipinski definition) is 1. The Kier molecular flexibility index (Phi) is 7.72. The largest absolute Gasteiger partial charge is 0.352 e. The van der Waals surface area contributed by atoms with E-state index in [4.69, 9.17) is 5.10 Å². The third-order valence-corrected chi connectivity index (χ3v) is 9.16. The number of thioether (sulfide) groups is 1. The summed E-state index contributed by atoms with van der Waals surface area (Å²) in [5.41, 5.74) is 5.87. The van der Waals surface area contributed by atoms with Gasteiger partial charge in [-0.3, -0.25) is 14.5 Å². The monoisotopic (exact) mass is 544 g/mol. The molecule has 0 aliphatic carbocycles. The SMILES string of the molecule is CC[C@@H](C)NC(=O)CN1C(=O)CS[C@H](c2cccs2)c2c(-c3ccccc3)nn(-c3ccc(C)cc3C)c21.